The van der Waals surface area contributed by atoms with Gasteiger partial charge in [-0.2, -0.15) is 6.92 Å². The summed E-state index contributed by atoms with van der Waals surface area (Å²) >= 11 is 0. The van der Waals surface area contributed by atoms with Crippen LogP contribution in [0.25, 0.3) is 0 Å². The Morgan fingerprint density at radius 2 is 2.00 bits per heavy atom. The van der Waals surface area contributed by atoms with Gasteiger partial charge < -0.3 is 19.0 Å². The van der Waals surface area contributed by atoms with Crippen LogP contribution in [-0.2, 0) is 21.1 Å². The van der Waals surface area contributed by atoms with Crippen molar-refractivity contribution in [3.8, 4) is 0 Å². The van der Waals surface area contributed by atoms with Gasteiger partial charge in [-0.25, -0.2) is 0 Å². The first-order valence-electron chi connectivity index (χ1n) is 2.21. The van der Waals surface area contributed by atoms with E-state index in [1.807, 2.05) is 20.3 Å². The number of hydrogen-bond acceptors (Lipinski definition) is 1. The molecule has 1 unspecified atom stereocenters. The van der Waals surface area contributed by atoms with Crippen LogP contribution in [0.1, 0.15) is 13.8 Å². The van der Waals surface area contributed by atoms with Crippen molar-refractivity contribution in [2.24, 2.45) is 5.92 Å². The second-order valence-corrected chi connectivity index (χ2v) is 1.49. The molecule has 0 aromatic heterocycles. The minimum atomic E-state index is 0. The van der Waals surface area contributed by atoms with Crippen molar-refractivity contribution in [3.05, 3.63) is 13.8 Å². The van der Waals surface area contributed by atoms with E-state index >= 15 is 0 Å². The first-order valence-corrected chi connectivity index (χ1v) is 2.21. The molecule has 0 aliphatic heterocycles. The molecule has 0 radical (unpaired) electrons. The van der Waals surface area contributed by atoms with Gasteiger partial charge in [0.05, 0.1) is 0 Å². The van der Waals surface area contributed by atoms with E-state index in [2.05, 4.69) is 0 Å². The third-order valence-electron chi connectivity index (χ3n) is 0.857. The summed E-state index contributed by atoms with van der Waals surface area (Å²) in [5.41, 5.74) is 0. The molecular weight excluding hydrogens is 272 g/mol. The maximum atomic E-state index is 8.30. The molecule has 2 heteroatoms. The maximum Gasteiger partial charge on any atom is 2.00 e. The molecule has 0 fully saturated rings. The largest absolute Gasteiger partial charge is 2.00 e. The average Bonchev–Trinajstić information content (AvgIpc) is 1.65. The van der Waals surface area contributed by atoms with Crippen LogP contribution >= 0.6 is 0 Å². The van der Waals surface area contributed by atoms with Gasteiger partial charge in [0.2, 0.25) is 0 Å². The summed E-state index contributed by atoms with van der Waals surface area (Å²) < 4.78 is 0. The predicted octanol–water partition coefficient (Wildman–Crippen LogP) is 1.29. The molecule has 0 aromatic carbocycles. The Morgan fingerprint density at radius 1 is 1.62 bits per heavy atom. The molecular formula is C6H14OW. The molecule has 0 spiro atoms. The topological polar surface area (TPSA) is 20.2 Å². The summed E-state index contributed by atoms with van der Waals surface area (Å²) in [4.78, 5) is 0. The first-order chi connectivity index (χ1) is 2.81. The van der Waals surface area contributed by atoms with E-state index in [9.17, 15) is 0 Å². The monoisotopic (exact) mass is 286 g/mol. The Bertz CT molecular complexity index is 27.7. The summed E-state index contributed by atoms with van der Waals surface area (Å²) in [6.07, 6.45) is 1.97. The van der Waals surface area contributed by atoms with Gasteiger partial charge in [-0.3, -0.25) is 0 Å². The summed E-state index contributed by atoms with van der Waals surface area (Å²) in [5, 5.41) is 8.30. The van der Waals surface area contributed by atoms with E-state index in [1.54, 1.807) is 0 Å². The second kappa shape index (κ2) is 10.6. The molecule has 0 aliphatic rings. The third kappa shape index (κ3) is 9.82. The molecule has 0 saturated heterocycles. The molecule has 0 amide bonds. The second-order valence-electron chi connectivity index (χ2n) is 1.49. The minimum Gasteiger partial charge on any atom is -0.399 e. The molecule has 0 saturated carbocycles. The molecule has 8 heavy (non-hydrogen) atoms. The summed E-state index contributed by atoms with van der Waals surface area (Å²) in [6.45, 7) is 4.19. The van der Waals surface area contributed by atoms with E-state index in [0.717, 1.165) is 0 Å². The van der Waals surface area contributed by atoms with Crippen LogP contribution in [0.15, 0.2) is 0 Å². The maximum absolute atomic E-state index is 8.30. The van der Waals surface area contributed by atoms with Crippen molar-refractivity contribution in [1.82, 2.24) is 0 Å². The number of aliphatic hydroxyl groups excluding tert-OH is 1. The zero-order valence-corrected chi connectivity index (χ0v) is 8.65. The summed E-state index contributed by atoms with van der Waals surface area (Å²) in [7, 11) is 0. The van der Waals surface area contributed by atoms with E-state index < -0.39 is 0 Å². The van der Waals surface area contributed by atoms with Gasteiger partial charge in [0.1, 0.15) is 0 Å². The summed E-state index contributed by atoms with van der Waals surface area (Å²) in [6, 6.07) is 0. The van der Waals surface area contributed by atoms with Crippen molar-refractivity contribution < 1.29 is 26.2 Å². The molecule has 1 atom stereocenters. The van der Waals surface area contributed by atoms with Crippen molar-refractivity contribution in [1.29, 1.82) is 0 Å². The van der Waals surface area contributed by atoms with Gasteiger partial charge in [0.25, 0.3) is 0 Å². The predicted molar refractivity (Wildman–Crippen MR) is 32.6 cm³/mol. The molecule has 0 bridgehead atoms. The van der Waals surface area contributed by atoms with Gasteiger partial charge in [0.15, 0.2) is 0 Å². The fraction of sp³-hybridized carbons (Fsp3) is 0.667. The van der Waals surface area contributed by atoms with Crippen molar-refractivity contribution >= 4 is 0 Å². The van der Waals surface area contributed by atoms with Gasteiger partial charge in [-0.05, 0) is 0 Å². The Morgan fingerprint density at radius 3 is 2.00 bits per heavy atom. The normalized spacial score (nSPS) is 10.9. The fourth-order valence-electron chi connectivity index (χ4n) is 0.105. The quantitative estimate of drug-likeness (QED) is 0.758. The fourth-order valence-corrected chi connectivity index (χ4v) is 0.105. The van der Waals surface area contributed by atoms with E-state index in [-0.39, 0.29) is 35.1 Å². The standard InChI is InChI=1S/C5H11O.CH3.W/c1-3-5(2)4-6;;/h3,5-6H,4H2,1-2H3;1H3;/q2*-1;+2. The van der Waals surface area contributed by atoms with Crippen molar-refractivity contribution in [2.45, 2.75) is 13.8 Å². The van der Waals surface area contributed by atoms with E-state index in [1.165, 1.54) is 0 Å². The van der Waals surface area contributed by atoms with Gasteiger partial charge in [-0.15, -0.1) is 5.92 Å². The Balaban J connectivity index is -0.000000125. The number of hydrogen-bond donors (Lipinski definition) is 1. The summed E-state index contributed by atoms with van der Waals surface area (Å²) in [5.74, 6) is 0.366. The Labute approximate surface area is 66.8 Å². The van der Waals surface area contributed by atoms with Crippen LogP contribution in [-0.4, -0.2) is 11.7 Å². The molecule has 50 valence electrons. The Kier molecular flexibility index (Phi) is 21.0. The molecule has 0 aromatic rings. The third-order valence-corrected chi connectivity index (χ3v) is 0.857. The van der Waals surface area contributed by atoms with Crippen LogP contribution in [0.3, 0.4) is 0 Å². The van der Waals surface area contributed by atoms with E-state index in [4.69, 9.17) is 5.11 Å². The van der Waals surface area contributed by atoms with Crippen LogP contribution in [0, 0.1) is 19.8 Å². The smallest absolute Gasteiger partial charge is 0.399 e. The van der Waals surface area contributed by atoms with Crippen molar-refractivity contribution in [2.75, 3.05) is 6.61 Å². The van der Waals surface area contributed by atoms with Crippen LogP contribution in [0.2, 0.25) is 0 Å². The van der Waals surface area contributed by atoms with Gasteiger partial charge >= 0.3 is 21.1 Å². The molecule has 0 rings (SSSR count). The SMILES string of the molecule is C[CH-]C(C)CO.[CH3-].[W+2]. The molecule has 0 heterocycles. The van der Waals surface area contributed by atoms with E-state index in [0.29, 0.717) is 5.92 Å². The minimum absolute atomic E-state index is 0. The van der Waals surface area contributed by atoms with Gasteiger partial charge in [-0.1, -0.05) is 6.92 Å². The van der Waals surface area contributed by atoms with Crippen LogP contribution < -0.4 is 0 Å². The average molecular weight is 286 g/mol. The van der Waals surface area contributed by atoms with Crippen LogP contribution in [0.4, 0.5) is 0 Å². The van der Waals surface area contributed by atoms with Crippen molar-refractivity contribution in [3.63, 3.8) is 0 Å². The number of rotatable bonds is 2. The molecule has 1 nitrogen and oxygen atoms in total. The van der Waals surface area contributed by atoms with Crippen LogP contribution in [0.5, 0.6) is 0 Å². The zero-order valence-electron chi connectivity index (χ0n) is 5.72. The molecule has 1 N–H and O–H groups in total. The first kappa shape index (κ1) is 15.9. The molecule has 0 aliphatic carbocycles. The Hall–Kier alpha value is 0.648. The zero-order chi connectivity index (χ0) is 4.99. The number of aliphatic hydroxyl groups is 1. The van der Waals surface area contributed by atoms with Gasteiger partial charge in [0, 0.05) is 6.61 Å².